The van der Waals surface area contributed by atoms with E-state index < -0.39 is 34.5 Å². The molecular weight excluding hydrogens is 482 g/mol. The minimum Gasteiger partial charge on any atom is -0.421 e. The highest BCUT2D eigenvalue weighted by Crippen LogP contribution is 2.35. The van der Waals surface area contributed by atoms with Gasteiger partial charge >= 0.3 is 11.6 Å². The fourth-order valence-corrected chi connectivity index (χ4v) is 4.01. The molecule has 0 radical (unpaired) electrons. The second-order valence-electron chi connectivity index (χ2n) is 8.31. The fraction of sp³-hybridized carbons (Fsp3) is 0. The first kappa shape index (κ1) is 24.3. The lowest BCUT2D eigenvalue weighted by Gasteiger charge is -2.16. The van der Waals surface area contributed by atoms with Gasteiger partial charge in [0.1, 0.15) is 5.56 Å². The van der Waals surface area contributed by atoms with Crippen molar-refractivity contribution in [1.29, 1.82) is 0 Å². The summed E-state index contributed by atoms with van der Waals surface area (Å²) in [5.41, 5.74) is -0.767. The predicted octanol–water partition coefficient (Wildman–Crippen LogP) is 5.99. The van der Waals surface area contributed by atoms with Crippen molar-refractivity contribution >= 4 is 17.5 Å². The van der Waals surface area contributed by atoms with E-state index in [1.54, 1.807) is 97.1 Å². The molecule has 0 fully saturated rings. The number of ketones is 2. The first-order valence-electron chi connectivity index (χ1n) is 11.8. The van der Waals surface area contributed by atoms with E-state index in [1.165, 1.54) is 24.3 Å². The molecule has 0 saturated heterocycles. The molecule has 0 spiro atoms. The minimum atomic E-state index is -1.03. The van der Waals surface area contributed by atoms with E-state index in [1.807, 2.05) is 0 Å². The number of carbonyl (C=O) groups excluding carboxylic acids is 3. The molecular formula is C32H20O6. The Kier molecular flexibility index (Phi) is 6.87. The quantitative estimate of drug-likeness (QED) is 0.201. The van der Waals surface area contributed by atoms with E-state index in [0.29, 0.717) is 5.56 Å². The molecule has 0 atom stereocenters. The van der Waals surface area contributed by atoms with Gasteiger partial charge < -0.3 is 9.15 Å². The van der Waals surface area contributed by atoms with E-state index in [0.717, 1.165) is 0 Å². The van der Waals surface area contributed by atoms with Crippen molar-refractivity contribution in [2.24, 2.45) is 0 Å². The van der Waals surface area contributed by atoms with Crippen LogP contribution in [0.2, 0.25) is 0 Å². The zero-order valence-electron chi connectivity index (χ0n) is 20.0. The molecule has 6 heteroatoms. The summed E-state index contributed by atoms with van der Waals surface area (Å²) in [6.07, 6.45) is 0. The Balaban J connectivity index is 1.82. The Labute approximate surface area is 217 Å². The zero-order chi connectivity index (χ0) is 26.5. The molecule has 5 aromatic rings. The lowest BCUT2D eigenvalue weighted by atomic mass is 10.0. The summed E-state index contributed by atoms with van der Waals surface area (Å²) in [6.45, 7) is 0. The smallest absolute Gasteiger partial charge is 0.351 e. The molecule has 0 bridgehead atoms. The van der Waals surface area contributed by atoms with Crippen LogP contribution in [0.4, 0.5) is 0 Å². The lowest BCUT2D eigenvalue weighted by molar-refractivity contribution is 0.0730. The van der Waals surface area contributed by atoms with Crippen LogP contribution in [0, 0.1) is 0 Å². The van der Waals surface area contributed by atoms with Gasteiger partial charge in [0.15, 0.2) is 17.1 Å². The van der Waals surface area contributed by atoms with E-state index in [9.17, 15) is 19.2 Å². The molecule has 5 rings (SSSR count). The maximum Gasteiger partial charge on any atom is 0.351 e. The second-order valence-corrected chi connectivity index (χ2v) is 8.31. The number of benzene rings is 4. The Morgan fingerprint density at radius 3 is 1.45 bits per heavy atom. The van der Waals surface area contributed by atoms with Gasteiger partial charge in [0, 0.05) is 16.7 Å². The summed E-state index contributed by atoms with van der Waals surface area (Å²) in [5, 5.41) is 0. The number of hydrogen-bond acceptors (Lipinski definition) is 6. The van der Waals surface area contributed by atoms with Crippen LogP contribution < -0.4 is 10.4 Å². The van der Waals surface area contributed by atoms with Crippen LogP contribution >= 0.6 is 0 Å². The first-order valence-corrected chi connectivity index (χ1v) is 11.8. The molecule has 0 aliphatic rings. The standard InChI is InChI=1S/C32H20O6/c33-27(21-13-5-1-6-14-21)25-29(23-17-9-3-10-18-23)37-32(36)26(28(34)22-15-7-2-8-16-22)30(25)38-31(35)24-19-11-4-12-20-24/h1-20H/i30+1,32+1. The molecule has 0 aliphatic heterocycles. The molecule has 6 nitrogen and oxygen atoms in total. The van der Waals surface area contributed by atoms with Crippen LogP contribution in [0.5, 0.6) is 5.75 Å². The molecule has 38 heavy (non-hydrogen) atoms. The molecule has 0 aliphatic carbocycles. The van der Waals surface area contributed by atoms with E-state index in [4.69, 9.17) is 9.15 Å². The van der Waals surface area contributed by atoms with Crippen molar-refractivity contribution in [3.8, 4) is 17.1 Å². The number of rotatable bonds is 7. The van der Waals surface area contributed by atoms with Crippen molar-refractivity contribution in [3.63, 3.8) is 0 Å². The molecule has 1 heterocycles. The van der Waals surface area contributed by atoms with Gasteiger partial charge in [0.2, 0.25) is 11.6 Å². The molecule has 1 aromatic heterocycles. The van der Waals surface area contributed by atoms with Crippen molar-refractivity contribution in [2.75, 3.05) is 0 Å². The molecule has 184 valence electrons. The van der Waals surface area contributed by atoms with Crippen LogP contribution in [0.3, 0.4) is 0 Å². The number of carbonyl (C=O) groups is 3. The second kappa shape index (κ2) is 10.7. The van der Waals surface area contributed by atoms with Crippen LogP contribution in [-0.4, -0.2) is 17.5 Å². The van der Waals surface area contributed by atoms with Crippen LogP contribution in [0.15, 0.2) is 131 Å². The summed E-state index contributed by atoms with van der Waals surface area (Å²) in [7, 11) is 0. The van der Waals surface area contributed by atoms with Gasteiger partial charge in [-0.3, -0.25) is 9.59 Å². The normalized spacial score (nSPS) is 10.5. The van der Waals surface area contributed by atoms with Crippen LogP contribution in [0.1, 0.15) is 42.2 Å². The third-order valence-corrected chi connectivity index (χ3v) is 5.85. The third kappa shape index (κ3) is 4.83. The summed E-state index contributed by atoms with van der Waals surface area (Å²) in [5.74, 6) is -2.70. The average molecular weight is 502 g/mol. The van der Waals surface area contributed by atoms with E-state index in [-0.39, 0.29) is 28.0 Å². The lowest BCUT2D eigenvalue weighted by Crippen LogP contribution is -2.23. The fourth-order valence-electron chi connectivity index (χ4n) is 4.01. The van der Waals surface area contributed by atoms with Crippen LogP contribution in [-0.2, 0) is 0 Å². The third-order valence-electron chi connectivity index (χ3n) is 5.85. The number of hydrogen-bond donors (Lipinski definition) is 0. The highest BCUT2D eigenvalue weighted by Gasteiger charge is 2.33. The Morgan fingerprint density at radius 1 is 0.526 bits per heavy atom. The number of esters is 1. The van der Waals surface area contributed by atoms with Gasteiger partial charge in [0.05, 0.1) is 5.56 Å². The highest BCUT2D eigenvalue weighted by atomic mass is 16.6. The summed E-state index contributed by atoms with van der Waals surface area (Å²) in [4.78, 5) is 54.1. The van der Waals surface area contributed by atoms with Gasteiger partial charge in [0.25, 0.3) is 0 Å². The predicted molar refractivity (Wildman–Crippen MR) is 142 cm³/mol. The Morgan fingerprint density at radius 2 is 0.947 bits per heavy atom. The average Bonchev–Trinajstić information content (AvgIpc) is 2.98. The van der Waals surface area contributed by atoms with Gasteiger partial charge in [-0.15, -0.1) is 0 Å². The summed E-state index contributed by atoms with van der Waals surface area (Å²) >= 11 is 0. The molecule has 0 N–H and O–H groups in total. The van der Waals surface area contributed by atoms with Gasteiger partial charge in [-0.25, -0.2) is 9.59 Å². The monoisotopic (exact) mass is 502 g/mol. The van der Waals surface area contributed by atoms with Gasteiger partial charge in [-0.05, 0) is 12.1 Å². The minimum absolute atomic E-state index is 0.107. The number of ether oxygens (including phenoxy) is 1. The molecule has 4 aromatic carbocycles. The Bertz CT molecular complexity index is 1670. The highest BCUT2D eigenvalue weighted by molar-refractivity contribution is 6.18. The van der Waals surface area contributed by atoms with Crippen LogP contribution in [0.25, 0.3) is 11.3 Å². The van der Waals surface area contributed by atoms with E-state index >= 15 is 0 Å². The topological polar surface area (TPSA) is 90.7 Å². The van der Waals surface area contributed by atoms with Crippen molar-refractivity contribution in [2.45, 2.75) is 0 Å². The molecule has 0 saturated carbocycles. The molecule has 0 amide bonds. The van der Waals surface area contributed by atoms with Gasteiger partial charge in [-0.1, -0.05) is 109 Å². The first-order chi connectivity index (χ1) is 18.5. The summed E-state index contributed by atoms with van der Waals surface area (Å²) < 4.78 is 11.4. The Hall–Kier alpha value is -5.36. The maximum absolute atomic E-state index is 13.9. The summed E-state index contributed by atoms with van der Waals surface area (Å²) in [6, 6.07) is 32.9. The van der Waals surface area contributed by atoms with Crippen molar-refractivity contribution < 1.29 is 23.5 Å². The van der Waals surface area contributed by atoms with E-state index in [2.05, 4.69) is 0 Å². The largest absolute Gasteiger partial charge is 0.421 e. The van der Waals surface area contributed by atoms with Crippen molar-refractivity contribution in [1.82, 2.24) is 0 Å². The van der Waals surface area contributed by atoms with Crippen molar-refractivity contribution in [3.05, 3.63) is 160 Å². The SMILES string of the molecule is O=C(O[13c]1c(C(=O)c2ccccc2)c(-c2ccccc2)o[13c](=O)c1C(=O)c1ccccc1)c1ccccc1. The zero-order valence-corrected chi connectivity index (χ0v) is 20.0. The molecule has 0 unspecified atom stereocenters. The maximum atomic E-state index is 13.9. The van der Waals surface area contributed by atoms with Gasteiger partial charge in [-0.2, -0.15) is 0 Å².